The molecule has 0 aromatic carbocycles. The van der Waals surface area contributed by atoms with Crippen molar-refractivity contribution in [1.82, 2.24) is 0 Å². The predicted molar refractivity (Wildman–Crippen MR) is 6.44 cm³/mol. The maximum absolute atomic E-state index is 7.94. The zero-order chi connectivity index (χ0) is 2.00. The maximum atomic E-state index is 7.94. The summed E-state index contributed by atoms with van der Waals surface area (Å²) in [5.74, 6) is 0. The molecule has 0 aliphatic rings. The fourth-order valence-corrected chi connectivity index (χ4v) is 0. The van der Waals surface area contributed by atoms with E-state index >= 15 is 0 Å². The molecule has 0 aromatic heterocycles. The third-order valence-corrected chi connectivity index (χ3v) is 0. The van der Waals surface area contributed by atoms with E-state index in [2.05, 4.69) is 15.7 Å². The Bertz CT molecular complexity index is 8.00. The van der Waals surface area contributed by atoms with E-state index in [9.17, 15) is 0 Å². The zero-order valence-corrected chi connectivity index (χ0v) is 9.05. The smallest absolute Gasteiger partial charge is 0 e. The van der Waals surface area contributed by atoms with Gasteiger partial charge in [-0.25, -0.2) is 0 Å². The first-order valence-corrected chi connectivity index (χ1v) is 0.561. The molecule has 4 heteroatoms. The van der Waals surface area contributed by atoms with E-state index in [1.165, 1.54) is 0 Å². The van der Waals surface area contributed by atoms with Gasteiger partial charge in [0.15, 0.2) is 0 Å². The van der Waals surface area contributed by atoms with Gasteiger partial charge in [0, 0.05) is 47.3 Å². The van der Waals surface area contributed by atoms with Crippen molar-refractivity contribution in [1.29, 1.82) is 0 Å². The average Bonchev–Trinajstić information content (AvgIpc) is 1.00. The minimum atomic E-state index is 0. The second-order valence-electron chi connectivity index (χ2n) is 0. The average molecular weight is 468 g/mol. The van der Waals surface area contributed by atoms with Gasteiger partial charge in [0.2, 0.25) is 0 Å². The van der Waals surface area contributed by atoms with Crippen LogP contribution in [0.4, 0.5) is 0 Å². The van der Waals surface area contributed by atoms with Gasteiger partial charge in [-0.05, 0) is 0 Å². The first kappa shape index (κ1) is 16.9. The molecule has 0 aromatic rings. The number of rotatable bonds is 0. The predicted octanol–water partition coefficient (Wildman–Crippen LogP) is -0.505. The van der Waals surface area contributed by atoms with Gasteiger partial charge in [0.1, 0.15) is 0 Å². The molecule has 0 aliphatic heterocycles. The van der Waals surface area contributed by atoms with Crippen molar-refractivity contribution < 1.29 is 40.6 Å². The van der Waals surface area contributed by atoms with Crippen molar-refractivity contribution in [3.05, 3.63) is 0 Å². The Kier molecular flexibility index (Phi) is 87.8. The molecule has 0 N–H and O–H groups in total. The Labute approximate surface area is 66.1 Å². The third kappa shape index (κ3) is 9.11. The standard InChI is InChI=1S/Bi.Co.O.W. The molecule has 0 bridgehead atoms. The van der Waals surface area contributed by atoms with Gasteiger partial charge < -0.3 is 0 Å². The summed E-state index contributed by atoms with van der Waals surface area (Å²) in [5, 5.41) is 0. The van der Waals surface area contributed by atoms with Crippen LogP contribution in [0, 0.1) is 0 Å². The molecule has 1 nitrogen and oxygen atoms in total. The summed E-state index contributed by atoms with van der Waals surface area (Å²) < 4.78 is 7.94. The van der Waals surface area contributed by atoms with Gasteiger partial charge in [-0.15, -0.1) is 0 Å². The molecule has 4 heavy (non-hydrogen) atoms. The van der Waals surface area contributed by atoms with E-state index in [0.717, 1.165) is 0 Å². The first-order chi connectivity index (χ1) is 1.00. The van der Waals surface area contributed by atoms with Crippen LogP contribution in [-0.2, 0) is 40.6 Å². The fourth-order valence-electron chi connectivity index (χ4n) is 0. The van der Waals surface area contributed by atoms with Gasteiger partial charge in [-0.1, -0.05) is 0 Å². The number of hydrogen-bond acceptors (Lipinski definition) is 1. The van der Waals surface area contributed by atoms with E-state index in [1.54, 1.807) is 0 Å². The van der Waals surface area contributed by atoms with E-state index in [1.807, 2.05) is 0 Å². The van der Waals surface area contributed by atoms with Crippen LogP contribution in [0.2, 0.25) is 0 Å². The number of hydrogen-bond donors (Lipinski definition) is 0. The van der Waals surface area contributed by atoms with Crippen LogP contribution in [-0.4, -0.2) is 26.2 Å². The third-order valence-electron chi connectivity index (χ3n) is 0. The van der Waals surface area contributed by atoms with Crippen LogP contribution < -0.4 is 0 Å². The van der Waals surface area contributed by atoms with Crippen molar-refractivity contribution >= 4 is 26.2 Å². The van der Waals surface area contributed by atoms with Crippen LogP contribution in [0.5, 0.6) is 0 Å². The van der Waals surface area contributed by atoms with E-state index in [4.69, 9.17) is 3.87 Å². The van der Waals surface area contributed by atoms with Gasteiger partial charge in [0.25, 0.3) is 0 Å². The minimum Gasteiger partial charge on any atom is 0 e. The maximum Gasteiger partial charge on any atom is 0 e. The largest absolute Gasteiger partial charge is 0 e. The molecule has 0 fully saturated rings. The molecular weight excluding hydrogens is 468 g/mol. The molecule has 3 radical (unpaired) electrons. The Morgan fingerprint density at radius 3 is 1.25 bits per heavy atom. The summed E-state index contributed by atoms with van der Waals surface area (Å²) in [6.45, 7) is 0. The van der Waals surface area contributed by atoms with Crippen molar-refractivity contribution in [3.63, 3.8) is 0 Å². The monoisotopic (exact) mass is 468 g/mol. The normalized spacial score (nSPS) is 1.25. The molecule has 0 spiro atoms. The van der Waals surface area contributed by atoms with Crippen LogP contribution >= 0.6 is 0 Å². The van der Waals surface area contributed by atoms with Gasteiger partial charge in [-0.3, -0.25) is 0 Å². The first-order valence-electron chi connectivity index (χ1n) is 0.136. The Morgan fingerprint density at radius 1 is 1.25 bits per heavy atom. The van der Waals surface area contributed by atoms with Crippen LogP contribution in [0.1, 0.15) is 0 Å². The summed E-state index contributed by atoms with van der Waals surface area (Å²) in [7, 11) is 0. The van der Waals surface area contributed by atoms with Crippen molar-refractivity contribution in [2.75, 3.05) is 0 Å². The van der Waals surface area contributed by atoms with Crippen LogP contribution in [0.25, 0.3) is 0 Å². The molecule has 0 unspecified atom stereocenters. The van der Waals surface area contributed by atoms with Crippen LogP contribution in [0.3, 0.4) is 0 Å². The van der Waals surface area contributed by atoms with E-state index in [-0.39, 0.29) is 47.3 Å². The van der Waals surface area contributed by atoms with E-state index in [0.29, 0.717) is 0 Å². The second kappa shape index (κ2) is 20.8. The van der Waals surface area contributed by atoms with E-state index < -0.39 is 0 Å². The van der Waals surface area contributed by atoms with Crippen molar-refractivity contribution in [3.8, 4) is 0 Å². The molecule has 26 valence electrons. The van der Waals surface area contributed by atoms with Crippen molar-refractivity contribution in [2.45, 2.75) is 0 Å². The topological polar surface area (TPSA) is 17.1 Å². The van der Waals surface area contributed by atoms with Crippen LogP contribution in [0.15, 0.2) is 0 Å². The zero-order valence-electron chi connectivity index (χ0n) is 1.60. The Hall–Kier alpha value is 1.88. The summed E-state index contributed by atoms with van der Waals surface area (Å²) in [5.41, 5.74) is 0. The molecular formula is BiCoOW. The summed E-state index contributed by atoms with van der Waals surface area (Å²) in [6, 6.07) is 0. The molecule has 0 atom stereocenters. The fraction of sp³-hybridized carbons (Fsp3) is 0. The molecule has 0 saturated carbocycles. The summed E-state index contributed by atoms with van der Waals surface area (Å²) >= 11 is 2.31. The van der Waals surface area contributed by atoms with Gasteiger partial charge >= 0.3 is 19.5 Å². The van der Waals surface area contributed by atoms with Crippen molar-refractivity contribution in [2.24, 2.45) is 0 Å². The quantitative estimate of drug-likeness (QED) is 0.439. The SMILES string of the molecule is [Bi].[O]=[Co].[W]. The summed E-state index contributed by atoms with van der Waals surface area (Å²) in [6.07, 6.45) is 0. The molecule has 0 heterocycles. The molecule has 0 saturated heterocycles. The Balaban J connectivity index is -0.00000000500. The molecule has 0 aliphatic carbocycles. The minimum absolute atomic E-state index is 0. The second-order valence-corrected chi connectivity index (χ2v) is 0. The Morgan fingerprint density at radius 2 is 1.25 bits per heavy atom. The van der Waals surface area contributed by atoms with Gasteiger partial charge in [0.05, 0.1) is 0 Å². The molecule has 0 amide bonds. The summed E-state index contributed by atoms with van der Waals surface area (Å²) in [4.78, 5) is 0. The van der Waals surface area contributed by atoms with Gasteiger partial charge in [-0.2, -0.15) is 0 Å². The molecule has 0 rings (SSSR count).